The van der Waals surface area contributed by atoms with E-state index < -0.39 is 23.5 Å². The molecule has 0 saturated heterocycles. The lowest BCUT2D eigenvalue weighted by molar-refractivity contribution is -0.130. The molecule has 1 aromatic heterocycles. The lowest BCUT2D eigenvalue weighted by Crippen LogP contribution is -2.52. The summed E-state index contributed by atoms with van der Waals surface area (Å²) >= 11 is 1.32. The number of rotatable bonds is 5. The number of nitrogens with zero attached hydrogens (tertiary/aromatic N) is 1. The normalized spacial score (nSPS) is 14.7. The van der Waals surface area contributed by atoms with Crippen LogP contribution in [0.1, 0.15) is 37.4 Å². The van der Waals surface area contributed by atoms with Crippen LogP contribution < -0.4 is 5.32 Å². The van der Waals surface area contributed by atoms with Crippen molar-refractivity contribution in [3.05, 3.63) is 35.2 Å². The van der Waals surface area contributed by atoms with Gasteiger partial charge in [-0.1, -0.05) is 32.0 Å². The lowest BCUT2D eigenvalue weighted by atomic mass is 9.90. The average Bonchev–Trinajstić information content (AvgIpc) is 2.98. The predicted molar refractivity (Wildman–Crippen MR) is 93.7 cm³/mol. The molecule has 1 amide bonds. The van der Waals surface area contributed by atoms with Crippen LogP contribution in [0.3, 0.4) is 0 Å². The second-order valence-electron chi connectivity index (χ2n) is 6.15. The summed E-state index contributed by atoms with van der Waals surface area (Å²) in [6, 6.07) is 11.5. The van der Waals surface area contributed by atoms with E-state index in [9.17, 15) is 14.9 Å². The van der Waals surface area contributed by atoms with Crippen LogP contribution in [0.2, 0.25) is 0 Å². The van der Waals surface area contributed by atoms with E-state index in [1.54, 1.807) is 13.0 Å². The van der Waals surface area contributed by atoms with Gasteiger partial charge in [-0.3, -0.25) is 4.79 Å². The minimum Gasteiger partial charge on any atom is -0.448 e. The molecule has 1 aromatic carbocycles. The molecule has 0 aliphatic rings. The molecule has 0 aliphatic heterocycles. The molecule has 2 aromatic rings. The van der Waals surface area contributed by atoms with Crippen LogP contribution >= 0.6 is 11.3 Å². The number of hydrogen-bond donors (Lipinski definition) is 1. The van der Waals surface area contributed by atoms with E-state index in [1.807, 2.05) is 38.1 Å². The van der Waals surface area contributed by atoms with Crippen LogP contribution in [0, 0.1) is 17.2 Å². The molecule has 1 heterocycles. The Balaban J connectivity index is 2.05. The number of carbonyl (C=O) groups excluding carboxylic acids is 2. The number of nitrogens with one attached hydrogen (secondary N) is 1. The molecule has 0 aliphatic carbocycles. The van der Waals surface area contributed by atoms with E-state index in [0.29, 0.717) is 4.88 Å². The maximum atomic E-state index is 12.2. The maximum absolute atomic E-state index is 12.2. The van der Waals surface area contributed by atoms with Crippen molar-refractivity contribution in [3.8, 4) is 6.07 Å². The van der Waals surface area contributed by atoms with Crippen molar-refractivity contribution in [1.82, 2.24) is 5.32 Å². The van der Waals surface area contributed by atoms with Crippen molar-refractivity contribution in [1.29, 1.82) is 5.26 Å². The van der Waals surface area contributed by atoms with Crippen LogP contribution in [-0.4, -0.2) is 23.5 Å². The molecule has 24 heavy (non-hydrogen) atoms. The molecular formula is C18H20N2O3S. The Morgan fingerprint density at radius 2 is 1.96 bits per heavy atom. The summed E-state index contributed by atoms with van der Waals surface area (Å²) in [5.74, 6) is -1.10. The average molecular weight is 344 g/mol. The van der Waals surface area contributed by atoms with Gasteiger partial charge in [-0.2, -0.15) is 5.26 Å². The van der Waals surface area contributed by atoms with Crippen LogP contribution in [0.4, 0.5) is 0 Å². The Morgan fingerprint density at radius 1 is 1.29 bits per heavy atom. The van der Waals surface area contributed by atoms with Crippen molar-refractivity contribution in [3.63, 3.8) is 0 Å². The quantitative estimate of drug-likeness (QED) is 0.842. The van der Waals surface area contributed by atoms with Gasteiger partial charge in [0.25, 0.3) is 5.91 Å². The van der Waals surface area contributed by atoms with Gasteiger partial charge in [-0.15, -0.1) is 11.3 Å². The highest BCUT2D eigenvalue weighted by Crippen LogP contribution is 2.26. The molecule has 2 rings (SSSR count). The van der Waals surface area contributed by atoms with E-state index >= 15 is 0 Å². The van der Waals surface area contributed by atoms with Crippen molar-refractivity contribution in [2.24, 2.45) is 5.92 Å². The molecule has 2 unspecified atom stereocenters. The number of amides is 1. The summed E-state index contributed by atoms with van der Waals surface area (Å²) in [5, 5.41) is 12.9. The van der Waals surface area contributed by atoms with Gasteiger partial charge in [0.1, 0.15) is 10.4 Å². The van der Waals surface area contributed by atoms with Gasteiger partial charge in [0.2, 0.25) is 0 Å². The van der Waals surface area contributed by atoms with Crippen LogP contribution in [-0.2, 0) is 9.53 Å². The van der Waals surface area contributed by atoms with E-state index in [2.05, 4.69) is 11.4 Å². The molecule has 0 fully saturated rings. The summed E-state index contributed by atoms with van der Waals surface area (Å²) in [6.07, 6.45) is -0.978. The number of benzene rings is 1. The standard InChI is InChI=1S/C18H20N2O3S/c1-11(2)18(4,10-19)20-16(21)12(3)23-17(22)15-9-13-7-5-6-8-14(13)24-15/h5-9,11-12H,1-4H3,(H,20,21). The Hall–Kier alpha value is -2.39. The monoisotopic (exact) mass is 344 g/mol. The number of ether oxygens (including phenoxy) is 1. The van der Waals surface area contributed by atoms with E-state index in [1.165, 1.54) is 18.3 Å². The Kier molecular flexibility index (Phi) is 5.25. The molecule has 5 nitrogen and oxygen atoms in total. The van der Waals surface area contributed by atoms with E-state index in [4.69, 9.17) is 4.74 Å². The number of nitriles is 1. The second kappa shape index (κ2) is 7.02. The first-order valence-electron chi connectivity index (χ1n) is 7.69. The third kappa shape index (κ3) is 3.74. The van der Waals surface area contributed by atoms with Gasteiger partial charge in [-0.25, -0.2) is 4.79 Å². The Labute approximate surface area is 145 Å². The van der Waals surface area contributed by atoms with Crippen molar-refractivity contribution in [2.45, 2.75) is 39.3 Å². The highest BCUT2D eigenvalue weighted by Gasteiger charge is 2.32. The third-order valence-electron chi connectivity index (χ3n) is 4.05. The smallest absolute Gasteiger partial charge is 0.349 e. The Bertz CT molecular complexity index is 773. The summed E-state index contributed by atoms with van der Waals surface area (Å²) in [6.45, 7) is 6.84. The largest absolute Gasteiger partial charge is 0.448 e. The number of hydrogen-bond acceptors (Lipinski definition) is 5. The fourth-order valence-corrected chi connectivity index (χ4v) is 2.96. The number of carbonyl (C=O) groups is 2. The molecular weight excluding hydrogens is 324 g/mol. The Morgan fingerprint density at radius 3 is 2.54 bits per heavy atom. The van der Waals surface area contributed by atoms with Gasteiger partial charge in [-0.05, 0) is 37.3 Å². The van der Waals surface area contributed by atoms with Gasteiger partial charge in [0.05, 0.1) is 6.07 Å². The first kappa shape index (κ1) is 18.0. The number of esters is 1. The predicted octanol–water partition coefficient (Wildman–Crippen LogP) is 3.50. The highest BCUT2D eigenvalue weighted by atomic mass is 32.1. The molecule has 0 bridgehead atoms. The van der Waals surface area contributed by atoms with Crippen molar-refractivity contribution < 1.29 is 14.3 Å². The second-order valence-corrected chi connectivity index (χ2v) is 7.24. The van der Waals surface area contributed by atoms with Crippen molar-refractivity contribution >= 4 is 33.3 Å². The first-order chi connectivity index (χ1) is 11.3. The van der Waals surface area contributed by atoms with Crippen LogP contribution in [0.5, 0.6) is 0 Å². The highest BCUT2D eigenvalue weighted by molar-refractivity contribution is 7.20. The summed E-state index contributed by atoms with van der Waals surface area (Å²) < 4.78 is 6.23. The molecule has 126 valence electrons. The molecule has 0 saturated carbocycles. The van der Waals surface area contributed by atoms with Gasteiger partial charge in [0, 0.05) is 4.70 Å². The number of thiophene rings is 1. The maximum Gasteiger partial charge on any atom is 0.349 e. The summed E-state index contributed by atoms with van der Waals surface area (Å²) in [7, 11) is 0. The fraction of sp³-hybridized carbons (Fsp3) is 0.389. The summed E-state index contributed by atoms with van der Waals surface area (Å²) in [4.78, 5) is 24.9. The van der Waals surface area contributed by atoms with Crippen molar-refractivity contribution in [2.75, 3.05) is 0 Å². The first-order valence-corrected chi connectivity index (χ1v) is 8.51. The SMILES string of the molecule is CC(OC(=O)c1cc2ccccc2s1)C(=O)NC(C)(C#N)C(C)C. The lowest BCUT2D eigenvalue weighted by Gasteiger charge is -2.28. The minimum atomic E-state index is -1.00. The zero-order valence-electron chi connectivity index (χ0n) is 14.1. The van der Waals surface area contributed by atoms with Crippen LogP contribution in [0.15, 0.2) is 30.3 Å². The molecule has 2 atom stereocenters. The van der Waals surface area contributed by atoms with Gasteiger partial charge in [0.15, 0.2) is 6.10 Å². The molecule has 0 spiro atoms. The van der Waals surface area contributed by atoms with E-state index in [-0.39, 0.29) is 5.92 Å². The van der Waals surface area contributed by atoms with Crippen LogP contribution in [0.25, 0.3) is 10.1 Å². The topological polar surface area (TPSA) is 79.2 Å². The third-order valence-corrected chi connectivity index (χ3v) is 5.15. The van der Waals surface area contributed by atoms with Gasteiger partial charge < -0.3 is 10.1 Å². The van der Waals surface area contributed by atoms with E-state index in [0.717, 1.165) is 10.1 Å². The minimum absolute atomic E-state index is 0.0723. The van der Waals surface area contributed by atoms with Gasteiger partial charge >= 0.3 is 5.97 Å². The molecule has 0 radical (unpaired) electrons. The molecule has 6 heteroatoms. The summed E-state index contributed by atoms with van der Waals surface area (Å²) in [5.41, 5.74) is -1.00. The fourth-order valence-electron chi connectivity index (χ4n) is 2.01. The zero-order chi connectivity index (χ0) is 17.9. The molecule has 1 N–H and O–H groups in total. The zero-order valence-corrected chi connectivity index (χ0v) is 14.9. The number of fused-ring (bicyclic) bond motifs is 1.